The summed E-state index contributed by atoms with van der Waals surface area (Å²) in [5.74, 6) is 0.763. The fourth-order valence-corrected chi connectivity index (χ4v) is 1.63. The van der Waals surface area contributed by atoms with E-state index in [1.54, 1.807) is 6.08 Å². The molecule has 70 valence electrons. The molecule has 0 nitrogen and oxygen atoms in total. The van der Waals surface area contributed by atoms with Gasteiger partial charge in [0.05, 0.1) is 0 Å². The van der Waals surface area contributed by atoms with Crippen molar-refractivity contribution < 1.29 is 4.39 Å². The molecular formula is C10H10BrFS. The Kier molecular flexibility index (Phi) is 4.53. The molecule has 0 amide bonds. The molecule has 13 heavy (non-hydrogen) atoms. The SMILES string of the molecule is CCSC(F)=Cc1ccc(Br)cc1. The van der Waals surface area contributed by atoms with Crippen molar-refractivity contribution in [2.75, 3.05) is 5.75 Å². The van der Waals surface area contributed by atoms with Crippen LogP contribution in [-0.4, -0.2) is 5.75 Å². The van der Waals surface area contributed by atoms with Crippen LogP contribution in [0.5, 0.6) is 0 Å². The van der Waals surface area contributed by atoms with Crippen molar-refractivity contribution in [1.82, 2.24) is 0 Å². The molecule has 0 heterocycles. The predicted molar refractivity (Wildman–Crippen MR) is 61.4 cm³/mol. The van der Waals surface area contributed by atoms with Crippen LogP contribution in [-0.2, 0) is 0 Å². The van der Waals surface area contributed by atoms with Gasteiger partial charge in [0.25, 0.3) is 0 Å². The van der Waals surface area contributed by atoms with Crippen LogP contribution in [0.2, 0.25) is 0 Å². The van der Waals surface area contributed by atoms with E-state index in [0.717, 1.165) is 15.8 Å². The van der Waals surface area contributed by atoms with Gasteiger partial charge in [0.15, 0.2) is 5.16 Å². The Morgan fingerprint density at radius 2 is 2.08 bits per heavy atom. The third kappa shape index (κ3) is 3.96. The molecule has 0 saturated heterocycles. The van der Waals surface area contributed by atoms with Crippen molar-refractivity contribution in [2.45, 2.75) is 6.92 Å². The van der Waals surface area contributed by atoms with E-state index in [2.05, 4.69) is 15.9 Å². The van der Waals surface area contributed by atoms with E-state index >= 15 is 0 Å². The molecule has 0 bridgehead atoms. The molecule has 0 aliphatic rings. The first-order chi connectivity index (χ1) is 6.22. The van der Waals surface area contributed by atoms with Crippen LogP contribution in [0, 0.1) is 0 Å². The van der Waals surface area contributed by atoms with Gasteiger partial charge in [-0.25, -0.2) is 0 Å². The summed E-state index contributed by atoms with van der Waals surface area (Å²) in [6, 6.07) is 7.55. The van der Waals surface area contributed by atoms with Gasteiger partial charge in [-0.1, -0.05) is 46.7 Å². The van der Waals surface area contributed by atoms with Gasteiger partial charge in [-0.15, -0.1) is 0 Å². The maximum Gasteiger partial charge on any atom is 0.157 e. The van der Waals surface area contributed by atoms with E-state index in [1.807, 2.05) is 31.2 Å². The first-order valence-corrected chi connectivity index (χ1v) is 5.76. The average molecular weight is 261 g/mol. The maximum absolute atomic E-state index is 13.0. The van der Waals surface area contributed by atoms with Gasteiger partial charge in [0, 0.05) is 4.47 Å². The molecular weight excluding hydrogens is 251 g/mol. The van der Waals surface area contributed by atoms with Crippen molar-refractivity contribution in [3.8, 4) is 0 Å². The Balaban J connectivity index is 2.73. The molecule has 0 fully saturated rings. The molecule has 1 aromatic rings. The summed E-state index contributed by atoms with van der Waals surface area (Å²) in [6.45, 7) is 1.93. The summed E-state index contributed by atoms with van der Waals surface area (Å²) >= 11 is 4.54. The molecule has 0 saturated carbocycles. The summed E-state index contributed by atoms with van der Waals surface area (Å²) in [7, 11) is 0. The standard InChI is InChI=1S/C10H10BrFS/c1-2-13-10(12)7-8-3-5-9(11)6-4-8/h3-7H,2H2,1H3. The van der Waals surface area contributed by atoms with Gasteiger partial charge in [0.2, 0.25) is 0 Å². The second kappa shape index (κ2) is 5.45. The lowest BCUT2D eigenvalue weighted by molar-refractivity contribution is 0.706. The molecule has 0 N–H and O–H groups in total. The number of hydrogen-bond donors (Lipinski definition) is 0. The summed E-state index contributed by atoms with van der Waals surface area (Å²) in [5.41, 5.74) is 0.890. The van der Waals surface area contributed by atoms with Gasteiger partial charge in [0.1, 0.15) is 0 Å². The molecule has 0 radical (unpaired) electrons. The lowest BCUT2D eigenvalue weighted by atomic mass is 10.2. The van der Waals surface area contributed by atoms with Crippen LogP contribution >= 0.6 is 27.7 Å². The molecule has 0 aliphatic carbocycles. The lowest BCUT2D eigenvalue weighted by Crippen LogP contribution is -1.73. The largest absolute Gasteiger partial charge is 0.199 e. The van der Waals surface area contributed by atoms with Crippen molar-refractivity contribution in [2.24, 2.45) is 0 Å². The highest BCUT2D eigenvalue weighted by atomic mass is 79.9. The van der Waals surface area contributed by atoms with Gasteiger partial charge in [-0.2, -0.15) is 4.39 Å². The van der Waals surface area contributed by atoms with Crippen molar-refractivity contribution in [1.29, 1.82) is 0 Å². The molecule has 0 spiro atoms. The monoisotopic (exact) mass is 260 g/mol. The minimum atomic E-state index is -0.134. The quantitative estimate of drug-likeness (QED) is 0.773. The topological polar surface area (TPSA) is 0 Å². The summed E-state index contributed by atoms with van der Waals surface area (Å²) in [5, 5.41) is -0.134. The van der Waals surface area contributed by atoms with Gasteiger partial charge < -0.3 is 0 Å². The minimum absolute atomic E-state index is 0.134. The zero-order chi connectivity index (χ0) is 9.68. The second-order valence-electron chi connectivity index (χ2n) is 2.43. The normalized spacial score (nSPS) is 11.8. The smallest absolute Gasteiger partial charge is 0.157 e. The minimum Gasteiger partial charge on any atom is -0.199 e. The van der Waals surface area contributed by atoms with E-state index in [1.165, 1.54) is 11.8 Å². The van der Waals surface area contributed by atoms with E-state index < -0.39 is 0 Å². The summed E-state index contributed by atoms with van der Waals surface area (Å²) in [6.07, 6.45) is 1.54. The Morgan fingerprint density at radius 1 is 1.46 bits per heavy atom. The zero-order valence-corrected chi connectivity index (χ0v) is 9.66. The first-order valence-electron chi connectivity index (χ1n) is 3.98. The molecule has 0 aliphatic heterocycles. The van der Waals surface area contributed by atoms with Crippen LogP contribution in [0.1, 0.15) is 12.5 Å². The molecule has 1 rings (SSSR count). The summed E-state index contributed by atoms with van der Waals surface area (Å²) < 4.78 is 14.0. The molecule has 0 unspecified atom stereocenters. The first kappa shape index (κ1) is 10.8. The number of benzene rings is 1. The van der Waals surface area contributed by atoms with Gasteiger partial charge >= 0.3 is 0 Å². The number of halogens is 2. The summed E-state index contributed by atoms with van der Waals surface area (Å²) in [4.78, 5) is 0. The third-order valence-electron chi connectivity index (χ3n) is 1.43. The number of hydrogen-bond acceptors (Lipinski definition) is 1. The van der Waals surface area contributed by atoms with Crippen molar-refractivity contribution >= 4 is 33.8 Å². The lowest BCUT2D eigenvalue weighted by Gasteiger charge is -1.95. The molecule has 1 aromatic carbocycles. The molecule has 3 heteroatoms. The van der Waals surface area contributed by atoms with Crippen LogP contribution in [0.15, 0.2) is 33.9 Å². The highest BCUT2D eigenvalue weighted by Crippen LogP contribution is 2.20. The average Bonchev–Trinajstić information content (AvgIpc) is 2.09. The van der Waals surface area contributed by atoms with Crippen LogP contribution in [0.3, 0.4) is 0 Å². The van der Waals surface area contributed by atoms with E-state index in [0.29, 0.717) is 0 Å². The Bertz CT molecular complexity index is 292. The van der Waals surface area contributed by atoms with E-state index in [4.69, 9.17) is 0 Å². The highest BCUT2D eigenvalue weighted by molar-refractivity contribution is 9.10. The third-order valence-corrected chi connectivity index (χ3v) is 2.64. The molecule has 0 aromatic heterocycles. The van der Waals surface area contributed by atoms with Gasteiger partial charge in [-0.3, -0.25) is 0 Å². The van der Waals surface area contributed by atoms with Crippen LogP contribution < -0.4 is 0 Å². The van der Waals surface area contributed by atoms with Gasteiger partial charge in [-0.05, 0) is 29.5 Å². The number of thioether (sulfide) groups is 1. The number of rotatable bonds is 3. The maximum atomic E-state index is 13.0. The van der Waals surface area contributed by atoms with Crippen LogP contribution in [0.25, 0.3) is 6.08 Å². The zero-order valence-electron chi connectivity index (χ0n) is 7.26. The second-order valence-corrected chi connectivity index (χ2v) is 4.60. The fraction of sp³-hybridized carbons (Fsp3) is 0.200. The Labute approximate surface area is 90.4 Å². The van der Waals surface area contributed by atoms with Crippen molar-refractivity contribution in [3.05, 3.63) is 39.5 Å². The van der Waals surface area contributed by atoms with E-state index in [-0.39, 0.29) is 5.16 Å². The highest BCUT2D eigenvalue weighted by Gasteiger charge is 1.94. The predicted octanol–water partition coefficient (Wildman–Crippen LogP) is 4.47. The Hall–Kier alpha value is -0.280. The fourth-order valence-electron chi connectivity index (χ4n) is 0.870. The van der Waals surface area contributed by atoms with E-state index in [9.17, 15) is 4.39 Å². The molecule has 0 atom stereocenters. The Morgan fingerprint density at radius 3 is 2.62 bits per heavy atom. The van der Waals surface area contributed by atoms with Crippen LogP contribution in [0.4, 0.5) is 4.39 Å². The van der Waals surface area contributed by atoms with Crippen molar-refractivity contribution in [3.63, 3.8) is 0 Å².